The van der Waals surface area contributed by atoms with Gasteiger partial charge in [0.25, 0.3) is 5.91 Å². The van der Waals surface area contributed by atoms with E-state index in [1.54, 1.807) is 0 Å². The molecular formula is C24H28N2O4. The number of imide groups is 1. The molecule has 1 N–H and O–H groups in total. The van der Waals surface area contributed by atoms with Gasteiger partial charge in [0.15, 0.2) is 5.54 Å². The van der Waals surface area contributed by atoms with Crippen LogP contribution in [0.2, 0.25) is 0 Å². The topological polar surface area (TPSA) is 75.7 Å². The van der Waals surface area contributed by atoms with Crippen LogP contribution in [0.25, 0.3) is 0 Å². The van der Waals surface area contributed by atoms with Crippen molar-refractivity contribution in [2.75, 3.05) is 13.2 Å². The van der Waals surface area contributed by atoms with Crippen molar-refractivity contribution in [1.82, 2.24) is 10.2 Å². The maximum absolute atomic E-state index is 13.6. The van der Waals surface area contributed by atoms with Crippen LogP contribution in [0.15, 0.2) is 48.5 Å². The number of rotatable bonds is 8. The van der Waals surface area contributed by atoms with Crippen LogP contribution in [0.4, 0.5) is 4.79 Å². The number of amides is 3. The minimum atomic E-state index is -1.32. The lowest BCUT2D eigenvalue weighted by Crippen LogP contribution is -2.45. The summed E-state index contributed by atoms with van der Waals surface area (Å²) in [6.07, 6.45) is 1.69. The number of nitrogens with one attached hydrogen (secondary N) is 1. The van der Waals surface area contributed by atoms with Gasteiger partial charge in [-0.1, -0.05) is 61.9 Å². The lowest BCUT2D eigenvalue weighted by molar-refractivity contribution is -0.144. The van der Waals surface area contributed by atoms with Gasteiger partial charge in [0, 0.05) is 6.54 Å². The Labute approximate surface area is 177 Å². The molecule has 0 bridgehead atoms. The molecule has 6 heteroatoms. The lowest BCUT2D eigenvalue weighted by atomic mass is 9.81. The monoisotopic (exact) mass is 408 g/mol. The zero-order valence-corrected chi connectivity index (χ0v) is 17.7. The van der Waals surface area contributed by atoms with Gasteiger partial charge in [0.1, 0.15) is 0 Å². The Hall–Kier alpha value is -3.15. The van der Waals surface area contributed by atoms with E-state index in [4.69, 9.17) is 4.74 Å². The van der Waals surface area contributed by atoms with Crippen molar-refractivity contribution in [2.45, 2.75) is 45.6 Å². The Bertz CT molecular complexity index is 941. The number of esters is 1. The van der Waals surface area contributed by atoms with Crippen molar-refractivity contribution >= 4 is 17.9 Å². The van der Waals surface area contributed by atoms with Gasteiger partial charge in [-0.05, 0) is 42.5 Å². The van der Waals surface area contributed by atoms with Crippen molar-refractivity contribution in [2.24, 2.45) is 0 Å². The fourth-order valence-electron chi connectivity index (χ4n) is 3.61. The number of unbranched alkanes of at least 4 members (excludes halogenated alkanes) is 1. The van der Waals surface area contributed by atoms with Crippen LogP contribution in [0.5, 0.6) is 0 Å². The molecule has 3 rings (SSSR count). The molecule has 158 valence electrons. The van der Waals surface area contributed by atoms with Crippen LogP contribution in [0.1, 0.15) is 48.4 Å². The highest BCUT2D eigenvalue weighted by atomic mass is 16.5. The molecule has 30 heavy (non-hydrogen) atoms. The van der Waals surface area contributed by atoms with Gasteiger partial charge in [-0.15, -0.1) is 0 Å². The normalized spacial score (nSPS) is 18.4. The molecular weight excluding hydrogens is 380 g/mol. The number of carbonyl (C=O) groups excluding carboxylic acids is 3. The predicted octanol–water partition coefficient (Wildman–Crippen LogP) is 3.83. The molecule has 0 aliphatic carbocycles. The first kappa shape index (κ1) is 21.6. The number of nitrogens with zero attached hydrogens (tertiary/aromatic N) is 1. The third-order valence-corrected chi connectivity index (χ3v) is 5.55. The molecule has 1 fully saturated rings. The zero-order chi connectivity index (χ0) is 21.7. The molecule has 2 aromatic rings. The maximum atomic E-state index is 13.6. The Kier molecular flexibility index (Phi) is 6.55. The summed E-state index contributed by atoms with van der Waals surface area (Å²) in [6, 6.07) is 14.4. The van der Waals surface area contributed by atoms with Gasteiger partial charge in [-0.3, -0.25) is 14.5 Å². The van der Waals surface area contributed by atoms with Crippen molar-refractivity contribution in [1.29, 1.82) is 0 Å². The average Bonchev–Trinajstić information content (AvgIpc) is 3.00. The molecule has 1 aliphatic rings. The second kappa shape index (κ2) is 9.11. The van der Waals surface area contributed by atoms with E-state index >= 15 is 0 Å². The first-order valence-corrected chi connectivity index (χ1v) is 10.3. The van der Waals surface area contributed by atoms with Gasteiger partial charge in [-0.2, -0.15) is 0 Å². The third kappa shape index (κ3) is 4.08. The number of ether oxygens (including phenoxy) is 1. The standard InChI is InChI=1S/C24H28N2O4/c1-4-5-15-30-21(27)13-14-26-22(28)24(25-23(26)29,19-9-7-6-8-10-19)20-12-11-17(2)18(3)16-20/h6-12,16H,4-5,13-15H2,1-3H3,(H,25,29)/t24-/m1/s1. The molecule has 0 spiro atoms. The average molecular weight is 408 g/mol. The minimum Gasteiger partial charge on any atom is -0.466 e. The molecule has 0 unspecified atom stereocenters. The van der Waals surface area contributed by atoms with Gasteiger partial charge in [0.2, 0.25) is 0 Å². The second-order valence-electron chi connectivity index (χ2n) is 7.63. The Morgan fingerprint density at radius 2 is 1.77 bits per heavy atom. The van der Waals surface area contributed by atoms with Gasteiger partial charge >= 0.3 is 12.0 Å². The van der Waals surface area contributed by atoms with Crippen LogP contribution in [-0.4, -0.2) is 36.0 Å². The number of urea groups is 1. The second-order valence-corrected chi connectivity index (χ2v) is 7.63. The molecule has 1 saturated heterocycles. The lowest BCUT2D eigenvalue weighted by Gasteiger charge is -2.28. The van der Waals surface area contributed by atoms with Crippen molar-refractivity contribution in [3.63, 3.8) is 0 Å². The van der Waals surface area contributed by atoms with E-state index in [0.29, 0.717) is 17.7 Å². The molecule has 0 aromatic heterocycles. The summed E-state index contributed by atoms with van der Waals surface area (Å²) >= 11 is 0. The van der Waals surface area contributed by atoms with Crippen molar-refractivity contribution in [3.05, 3.63) is 70.8 Å². The highest BCUT2D eigenvalue weighted by Gasteiger charge is 2.53. The smallest absolute Gasteiger partial charge is 0.325 e. The number of hydrogen-bond acceptors (Lipinski definition) is 4. The minimum absolute atomic E-state index is 0.0188. The molecule has 3 amide bonds. The predicted molar refractivity (Wildman–Crippen MR) is 114 cm³/mol. The number of aryl methyl sites for hydroxylation is 2. The Morgan fingerprint density at radius 3 is 2.43 bits per heavy atom. The molecule has 2 aromatic carbocycles. The Morgan fingerprint density at radius 1 is 1.03 bits per heavy atom. The van der Waals surface area contributed by atoms with E-state index in [1.165, 1.54) is 0 Å². The number of carbonyl (C=O) groups is 3. The highest BCUT2D eigenvalue weighted by Crippen LogP contribution is 2.36. The summed E-state index contributed by atoms with van der Waals surface area (Å²) in [4.78, 5) is 39.5. The largest absolute Gasteiger partial charge is 0.466 e. The van der Waals surface area contributed by atoms with E-state index in [0.717, 1.165) is 28.9 Å². The fourth-order valence-corrected chi connectivity index (χ4v) is 3.61. The summed E-state index contributed by atoms with van der Waals surface area (Å²) in [5.74, 6) is -0.796. The molecule has 1 aliphatic heterocycles. The summed E-state index contributed by atoms with van der Waals surface area (Å²) in [7, 11) is 0. The molecule has 6 nitrogen and oxygen atoms in total. The zero-order valence-electron chi connectivity index (χ0n) is 17.7. The van der Waals surface area contributed by atoms with E-state index < -0.39 is 17.5 Å². The molecule has 1 atom stereocenters. The van der Waals surface area contributed by atoms with Gasteiger partial charge < -0.3 is 10.1 Å². The maximum Gasteiger partial charge on any atom is 0.325 e. The summed E-state index contributed by atoms with van der Waals surface area (Å²) in [6.45, 7) is 6.32. The van der Waals surface area contributed by atoms with Crippen molar-refractivity contribution < 1.29 is 19.1 Å². The quantitative estimate of drug-likeness (QED) is 0.409. The highest BCUT2D eigenvalue weighted by molar-refractivity contribution is 6.09. The SMILES string of the molecule is CCCCOC(=O)CCN1C(=O)N[C@](c2ccccc2)(c2ccc(C)c(C)c2)C1=O. The Balaban J connectivity index is 1.91. The summed E-state index contributed by atoms with van der Waals surface area (Å²) in [5, 5.41) is 2.91. The van der Waals surface area contributed by atoms with Crippen LogP contribution in [0, 0.1) is 13.8 Å². The molecule has 1 heterocycles. The van der Waals surface area contributed by atoms with Crippen LogP contribution in [0.3, 0.4) is 0 Å². The van der Waals surface area contributed by atoms with E-state index in [1.807, 2.05) is 69.3 Å². The number of hydrogen-bond donors (Lipinski definition) is 1. The number of benzene rings is 2. The van der Waals surface area contributed by atoms with E-state index in [-0.39, 0.29) is 18.9 Å². The molecule has 0 radical (unpaired) electrons. The fraction of sp³-hybridized carbons (Fsp3) is 0.375. The van der Waals surface area contributed by atoms with Crippen LogP contribution >= 0.6 is 0 Å². The van der Waals surface area contributed by atoms with Gasteiger partial charge in [0.05, 0.1) is 13.0 Å². The molecule has 0 saturated carbocycles. The summed E-state index contributed by atoms with van der Waals surface area (Å²) < 4.78 is 5.15. The third-order valence-electron chi connectivity index (χ3n) is 5.55. The first-order valence-electron chi connectivity index (χ1n) is 10.3. The van der Waals surface area contributed by atoms with Crippen LogP contribution < -0.4 is 5.32 Å². The van der Waals surface area contributed by atoms with Crippen molar-refractivity contribution in [3.8, 4) is 0 Å². The van der Waals surface area contributed by atoms with Crippen LogP contribution in [-0.2, 0) is 19.9 Å². The first-order chi connectivity index (χ1) is 14.4. The van der Waals surface area contributed by atoms with Gasteiger partial charge in [-0.25, -0.2) is 4.79 Å². The van der Waals surface area contributed by atoms with E-state index in [9.17, 15) is 14.4 Å². The summed E-state index contributed by atoms with van der Waals surface area (Å²) in [5.41, 5.74) is 2.19. The van der Waals surface area contributed by atoms with E-state index in [2.05, 4.69) is 5.32 Å².